The lowest BCUT2D eigenvalue weighted by molar-refractivity contribution is 0.233. The molecular weight excluding hydrogens is 791 g/mol. The minimum atomic E-state index is -0.0204. The topological polar surface area (TPSA) is 48.5 Å². The molecule has 5 nitrogen and oxygen atoms in total. The number of fused-ring (bicyclic) bond motifs is 7. The van der Waals surface area contributed by atoms with Gasteiger partial charge in [0.1, 0.15) is 5.82 Å². The standard InChI is InChI=1S/C60H51N5/c1-38-37-59(2,3)50-32-29-43(34-51(50)60(38,4)5)40-27-30-45(31-28-40)64-52-25-14-12-23-46(52)48-35-49-47-24-13-15-26-53(47)65(55(49)36-54(48)64)58-62-56(41-19-10-7-11-20-41)61-57(63-58)44-22-16-21-42(33-44)39-17-8-6-9-18-39/h6-21,23-36,38,44H,22,37H2,1-5H3. The van der Waals surface area contributed by atoms with Crippen LogP contribution >= 0.6 is 0 Å². The van der Waals surface area contributed by atoms with Crippen LogP contribution in [0.4, 0.5) is 0 Å². The van der Waals surface area contributed by atoms with Gasteiger partial charge < -0.3 is 4.57 Å². The molecule has 2 unspecified atom stereocenters. The quantitative estimate of drug-likeness (QED) is 0.168. The molecule has 0 aliphatic heterocycles. The summed E-state index contributed by atoms with van der Waals surface area (Å²) in [5, 5.41) is 4.75. The van der Waals surface area contributed by atoms with Crippen molar-refractivity contribution in [1.82, 2.24) is 24.1 Å². The van der Waals surface area contributed by atoms with Gasteiger partial charge in [-0.15, -0.1) is 0 Å². The van der Waals surface area contributed by atoms with E-state index in [-0.39, 0.29) is 16.7 Å². The maximum absolute atomic E-state index is 5.40. The molecule has 0 radical (unpaired) electrons. The minimum Gasteiger partial charge on any atom is -0.309 e. The predicted octanol–water partition coefficient (Wildman–Crippen LogP) is 15.1. The van der Waals surface area contributed by atoms with E-state index in [1.54, 1.807) is 0 Å². The first kappa shape index (κ1) is 39.2. The zero-order valence-electron chi connectivity index (χ0n) is 37.6. The molecule has 2 aliphatic rings. The summed E-state index contributed by atoms with van der Waals surface area (Å²) in [6.45, 7) is 12.1. The van der Waals surface area contributed by atoms with Crippen molar-refractivity contribution in [2.45, 2.75) is 64.2 Å². The molecule has 0 fully saturated rings. The number of rotatable bonds is 6. The van der Waals surface area contributed by atoms with E-state index in [0.29, 0.717) is 17.7 Å². The van der Waals surface area contributed by atoms with E-state index in [2.05, 4.69) is 208 Å². The first-order valence-electron chi connectivity index (χ1n) is 23.1. The monoisotopic (exact) mass is 841 g/mol. The van der Waals surface area contributed by atoms with E-state index in [4.69, 9.17) is 15.0 Å². The molecule has 0 spiro atoms. The lowest BCUT2D eigenvalue weighted by atomic mass is 9.58. The first-order chi connectivity index (χ1) is 31.6. The van der Waals surface area contributed by atoms with Gasteiger partial charge in [-0.2, -0.15) is 9.97 Å². The second-order valence-corrected chi connectivity index (χ2v) is 19.5. The van der Waals surface area contributed by atoms with Crippen LogP contribution in [0.15, 0.2) is 182 Å². The Bertz CT molecular complexity index is 3550. The molecule has 10 aromatic rings. The van der Waals surface area contributed by atoms with Crippen LogP contribution in [0, 0.1) is 5.92 Å². The van der Waals surface area contributed by atoms with Crippen molar-refractivity contribution in [2.75, 3.05) is 0 Å². The Morgan fingerprint density at radius 2 is 1.12 bits per heavy atom. The van der Waals surface area contributed by atoms with Crippen LogP contribution in [0.2, 0.25) is 0 Å². The summed E-state index contributed by atoms with van der Waals surface area (Å²) in [7, 11) is 0. The molecule has 2 atom stereocenters. The second-order valence-electron chi connectivity index (χ2n) is 19.5. The van der Waals surface area contributed by atoms with E-state index < -0.39 is 0 Å². The molecule has 0 N–H and O–H groups in total. The predicted molar refractivity (Wildman–Crippen MR) is 270 cm³/mol. The van der Waals surface area contributed by atoms with Gasteiger partial charge in [0.05, 0.1) is 22.1 Å². The Morgan fingerprint density at radius 3 is 1.83 bits per heavy atom. The van der Waals surface area contributed by atoms with Crippen LogP contribution in [0.5, 0.6) is 0 Å². The Hall–Kier alpha value is -7.37. The molecule has 3 aromatic heterocycles. The SMILES string of the molecule is CC1CC(C)(C)c2ccc(-c3ccc(-n4c5ccccc5c5cc6c7ccccc7n(-c7nc(-c8ccccc8)nc(C8C=C(c9ccccc9)C=CC8)n7)c6cc54)cc3)cc2C1(C)C. The van der Waals surface area contributed by atoms with Crippen LogP contribution in [-0.4, -0.2) is 24.1 Å². The number of benzene rings is 7. The molecule has 3 heterocycles. The number of para-hydroxylation sites is 2. The fourth-order valence-corrected chi connectivity index (χ4v) is 11.0. The molecule has 12 rings (SSSR count). The summed E-state index contributed by atoms with van der Waals surface area (Å²) in [6, 6.07) is 59.4. The normalized spacial score (nSPS) is 17.8. The average Bonchev–Trinajstić information content (AvgIpc) is 3.85. The number of hydrogen-bond acceptors (Lipinski definition) is 3. The Labute approximate surface area is 380 Å². The summed E-state index contributed by atoms with van der Waals surface area (Å²) in [5.74, 6) is 2.61. The third-order valence-corrected chi connectivity index (χ3v) is 14.8. The summed E-state index contributed by atoms with van der Waals surface area (Å²) in [6.07, 6.45) is 8.78. The van der Waals surface area contributed by atoms with E-state index >= 15 is 0 Å². The molecule has 0 saturated carbocycles. The zero-order chi connectivity index (χ0) is 44.0. The second kappa shape index (κ2) is 14.9. The maximum Gasteiger partial charge on any atom is 0.238 e. The summed E-state index contributed by atoms with van der Waals surface area (Å²) < 4.78 is 4.68. The molecule has 0 bridgehead atoms. The van der Waals surface area contributed by atoms with Crippen molar-refractivity contribution >= 4 is 49.2 Å². The molecular formula is C60H51N5. The minimum absolute atomic E-state index is 0.0204. The average molecular weight is 842 g/mol. The van der Waals surface area contributed by atoms with Gasteiger partial charge in [0.25, 0.3) is 0 Å². The van der Waals surface area contributed by atoms with Crippen LogP contribution < -0.4 is 0 Å². The van der Waals surface area contributed by atoms with Gasteiger partial charge in [-0.3, -0.25) is 4.57 Å². The molecule has 5 heteroatoms. The van der Waals surface area contributed by atoms with Crippen LogP contribution in [0.3, 0.4) is 0 Å². The highest BCUT2D eigenvalue weighted by molar-refractivity contribution is 6.19. The maximum atomic E-state index is 5.40. The number of aromatic nitrogens is 5. The van der Waals surface area contributed by atoms with E-state index in [9.17, 15) is 0 Å². The molecule has 0 amide bonds. The highest BCUT2D eigenvalue weighted by Crippen LogP contribution is 2.50. The third kappa shape index (κ3) is 6.39. The van der Waals surface area contributed by atoms with E-state index in [1.165, 1.54) is 56.1 Å². The number of hydrogen-bond donors (Lipinski definition) is 0. The van der Waals surface area contributed by atoms with Crippen molar-refractivity contribution in [2.24, 2.45) is 5.92 Å². The fraction of sp³-hybridized carbons (Fsp3) is 0.183. The Kier molecular flexibility index (Phi) is 8.97. The highest BCUT2D eigenvalue weighted by atomic mass is 15.2. The number of allylic oxidation sites excluding steroid dienone is 4. The van der Waals surface area contributed by atoms with Crippen molar-refractivity contribution in [1.29, 1.82) is 0 Å². The Morgan fingerprint density at radius 1 is 0.508 bits per heavy atom. The largest absolute Gasteiger partial charge is 0.309 e. The summed E-state index contributed by atoms with van der Waals surface area (Å²) >= 11 is 0. The molecule has 7 aromatic carbocycles. The molecule has 0 saturated heterocycles. The molecule has 316 valence electrons. The smallest absolute Gasteiger partial charge is 0.238 e. The third-order valence-electron chi connectivity index (χ3n) is 14.8. The lowest BCUT2D eigenvalue weighted by Gasteiger charge is -2.46. The van der Waals surface area contributed by atoms with Gasteiger partial charge in [-0.05, 0) is 99.4 Å². The van der Waals surface area contributed by atoms with Gasteiger partial charge in [0, 0.05) is 38.7 Å². The van der Waals surface area contributed by atoms with Crippen molar-refractivity contribution < 1.29 is 0 Å². The van der Waals surface area contributed by atoms with Crippen molar-refractivity contribution in [3.05, 3.63) is 205 Å². The molecule has 2 aliphatic carbocycles. The van der Waals surface area contributed by atoms with Gasteiger partial charge in [0.2, 0.25) is 5.95 Å². The van der Waals surface area contributed by atoms with Crippen LogP contribution in [0.25, 0.3) is 83.3 Å². The Balaban J connectivity index is 1.04. The summed E-state index contributed by atoms with van der Waals surface area (Å²) in [4.78, 5) is 15.9. The highest BCUT2D eigenvalue weighted by Gasteiger charge is 2.42. The van der Waals surface area contributed by atoms with E-state index in [1.807, 2.05) is 18.2 Å². The zero-order valence-corrected chi connectivity index (χ0v) is 37.6. The fourth-order valence-electron chi connectivity index (χ4n) is 11.0. The van der Waals surface area contributed by atoms with Gasteiger partial charge >= 0.3 is 0 Å². The molecule has 65 heavy (non-hydrogen) atoms. The van der Waals surface area contributed by atoms with Crippen molar-refractivity contribution in [3.8, 4) is 34.2 Å². The first-order valence-corrected chi connectivity index (χ1v) is 23.1. The summed E-state index contributed by atoms with van der Waals surface area (Å²) in [5.41, 5.74) is 14.6. The van der Waals surface area contributed by atoms with Gasteiger partial charge in [0.15, 0.2) is 5.82 Å². The number of nitrogens with zero attached hydrogens (tertiary/aromatic N) is 5. The van der Waals surface area contributed by atoms with Crippen LogP contribution in [0.1, 0.15) is 75.9 Å². The van der Waals surface area contributed by atoms with Crippen molar-refractivity contribution in [3.63, 3.8) is 0 Å². The van der Waals surface area contributed by atoms with Crippen LogP contribution in [-0.2, 0) is 10.8 Å². The van der Waals surface area contributed by atoms with Gasteiger partial charge in [-0.25, -0.2) is 4.98 Å². The van der Waals surface area contributed by atoms with Gasteiger partial charge in [-0.1, -0.05) is 180 Å². The van der Waals surface area contributed by atoms with E-state index in [0.717, 1.165) is 50.8 Å². The lowest BCUT2D eigenvalue weighted by Crippen LogP contribution is -2.40.